The maximum Gasteiger partial charge on any atom is 0.338 e. The van der Waals surface area contributed by atoms with Crippen LogP contribution in [-0.2, 0) is 9.57 Å². The van der Waals surface area contributed by atoms with E-state index in [1.165, 1.54) is 7.11 Å². The van der Waals surface area contributed by atoms with Crippen molar-refractivity contribution in [1.29, 1.82) is 0 Å². The van der Waals surface area contributed by atoms with Crippen LogP contribution in [0.15, 0.2) is 0 Å². The Morgan fingerprint density at radius 2 is 1.93 bits per heavy atom. The molecular formula is C9H20N2O3. The molecule has 0 aliphatic heterocycles. The average molecular weight is 204 g/mol. The Bertz CT molecular complexity index is 162. The molecule has 0 aromatic heterocycles. The summed E-state index contributed by atoms with van der Waals surface area (Å²) in [6.45, 7) is 7.24. The van der Waals surface area contributed by atoms with Crippen LogP contribution in [0, 0.1) is 5.92 Å². The molecule has 5 heteroatoms. The van der Waals surface area contributed by atoms with Crippen molar-refractivity contribution in [1.82, 2.24) is 10.8 Å². The number of nitrogens with one attached hydrogen (secondary N) is 2. The largest absolute Gasteiger partial charge is 0.379 e. The third-order valence-corrected chi connectivity index (χ3v) is 1.39. The van der Waals surface area contributed by atoms with Gasteiger partial charge in [-0.3, -0.25) is 4.84 Å². The van der Waals surface area contributed by atoms with Crippen LogP contribution in [0.25, 0.3) is 0 Å². The summed E-state index contributed by atoms with van der Waals surface area (Å²) in [6, 6.07) is -0.378. The summed E-state index contributed by atoms with van der Waals surface area (Å²) in [5.74, 6) is 0.509. The summed E-state index contributed by atoms with van der Waals surface area (Å²) in [6.07, 6.45) is 0. The molecule has 0 aromatic carbocycles. The normalized spacial score (nSPS) is 12.6. The zero-order chi connectivity index (χ0) is 11.0. The third kappa shape index (κ3) is 7.82. The fourth-order valence-electron chi connectivity index (χ4n) is 0.868. The zero-order valence-corrected chi connectivity index (χ0v) is 9.29. The maximum atomic E-state index is 10.9. The van der Waals surface area contributed by atoms with Crippen molar-refractivity contribution >= 4 is 6.03 Å². The van der Waals surface area contributed by atoms with Gasteiger partial charge in [-0.15, -0.1) is 0 Å². The molecule has 0 aliphatic rings. The molecule has 0 heterocycles. The van der Waals surface area contributed by atoms with Crippen LogP contribution in [0.2, 0.25) is 0 Å². The Labute approximate surface area is 85.1 Å². The zero-order valence-electron chi connectivity index (χ0n) is 9.29. The molecule has 2 N–H and O–H groups in total. The van der Waals surface area contributed by atoms with Crippen molar-refractivity contribution in [3.8, 4) is 0 Å². The summed E-state index contributed by atoms with van der Waals surface area (Å²) in [5.41, 5.74) is 2.17. The predicted molar refractivity (Wildman–Crippen MR) is 53.8 cm³/mol. The molecular weight excluding hydrogens is 184 g/mol. The van der Waals surface area contributed by atoms with Crippen LogP contribution in [0.3, 0.4) is 0 Å². The topological polar surface area (TPSA) is 59.6 Å². The van der Waals surface area contributed by atoms with Gasteiger partial charge in [0.05, 0.1) is 19.8 Å². The van der Waals surface area contributed by atoms with Crippen molar-refractivity contribution in [3.63, 3.8) is 0 Å². The highest BCUT2D eigenvalue weighted by atomic mass is 16.6. The van der Waals surface area contributed by atoms with Gasteiger partial charge in [-0.05, 0) is 12.8 Å². The molecule has 14 heavy (non-hydrogen) atoms. The number of hydrogen-bond acceptors (Lipinski definition) is 3. The van der Waals surface area contributed by atoms with Gasteiger partial charge < -0.3 is 10.1 Å². The first kappa shape index (κ1) is 13.2. The highest BCUT2D eigenvalue weighted by Gasteiger charge is 2.06. The Morgan fingerprint density at radius 3 is 2.43 bits per heavy atom. The first-order valence-electron chi connectivity index (χ1n) is 4.73. The Kier molecular flexibility index (Phi) is 7.14. The van der Waals surface area contributed by atoms with Gasteiger partial charge in [0.25, 0.3) is 0 Å². The Balaban J connectivity index is 3.44. The molecule has 0 bridgehead atoms. The number of ether oxygens (including phenoxy) is 1. The quantitative estimate of drug-likeness (QED) is 0.632. The van der Waals surface area contributed by atoms with Gasteiger partial charge in [0, 0.05) is 6.61 Å². The summed E-state index contributed by atoms with van der Waals surface area (Å²) in [4.78, 5) is 15.4. The van der Waals surface area contributed by atoms with Crippen molar-refractivity contribution in [2.45, 2.75) is 26.8 Å². The average Bonchev–Trinajstić information content (AvgIpc) is 2.03. The highest BCUT2D eigenvalue weighted by molar-refractivity contribution is 5.72. The van der Waals surface area contributed by atoms with Crippen LogP contribution in [-0.4, -0.2) is 32.4 Å². The number of rotatable bonds is 6. The van der Waals surface area contributed by atoms with Gasteiger partial charge >= 0.3 is 6.03 Å². The summed E-state index contributed by atoms with van der Waals surface area (Å²) in [5, 5.41) is 2.65. The summed E-state index contributed by atoms with van der Waals surface area (Å²) >= 11 is 0. The lowest BCUT2D eigenvalue weighted by molar-refractivity contribution is 0.0846. The Morgan fingerprint density at radius 1 is 1.29 bits per heavy atom. The van der Waals surface area contributed by atoms with Crippen molar-refractivity contribution in [2.24, 2.45) is 5.92 Å². The molecule has 0 saturated carbocycles. The number of hydroxylamine groups is 1. The Hall–Kier alpha value is -0.810. The van der Waals surface area contributed by atoms with Crippen LogP contribution in [0.4, 0.5) is 4.79 Å². The standard InChI is InChI=1S/C9H20N2O3/c1-7(2)5-14-6-8(3)10-9(12)11-13-4/h7-8H,5-6H2,1-4H3,(H2,10,11,12)/t8-/m0/s1. The minimum Gasteiger partial charge on any atom is -0.379 e. The molecule has 0 rings (SSSR count). The lowest BCUT2D eigenvalue weighted by Gasteiger charge is -2.14. The number of carbonyl (C=O) groups excluding carboxylic acids is 1. The maximum absolute atomic E-state index is 10.9. The third-order valence-electron chi connectivity index (χ3n) is 1.39. The molecule has 84 valence electrons. The van der Waals surface area contributed by atoms with E-state index in [2.05, 4.69) is 29.5 Å². The van der Waals surface area contributed by atoms with Crippen LogP contribution < -0.4 is 10.8 Å². The van der Waals surface area contributed by atoms with Crippen LogP contribution >= 0.6 is 0 Å². The first-order chi connectivity index (χ1) is 6.56. The van der Waals surface area contributed by atoms with Gasteiger partial charge in [-0.1, -0.05) is 13.8 Å². The van der Waals surface area contributed by atoms with Gasteiger partial charge in [-0.2, -0.15) is 0 Å². The van der Waals surface area contributed by atoms with E-state index in [1.807, 2.05) is 6.92 Å². The smallest absolute Gasteiger partial charge is 0.338 e. The lowest BCUT2D eigenvalue weighted by Crippen LogP contribution is -2.42. The van der Waals surface area contributed by atoms with Gasteiger partial charge in [-0.25, -0.2) is 10.3 Å². The van der Waals surface area contributed by atoms with E-state index in [9.17, 15) is 4.79 Å². The summed E-state index contributed by atoms with van der Waals surface area (Å²) in [7, 11) is 1.39. The van der Waals surface area contributed by atoms with E-state index in [0.29, 0.717) is 19.1 Å². The van der Waals surface area contributed by atoms with Gasteiger partial charge in [0.15, 0.2) is 0 Å². The minimum absolute atomic E-state index is 0.0242. The van der Waals surface area contributed by atoms with E-state index < -0.39 is 0 Å². The molecule has 1 atom stereocenters. The first-order valence-corrected chi connectivity index (χ1v) is 4.73. The second-order valence-electron chi connectivity index (χ2n) is 3.61. The molecule has 0 fully saturated rings. The van der Waals surface area contributed by atoms with Crippen molar-refractivity contribution < 1.29 is 14.4 Å². The van der Waals surface area contributed by atoms with Crippen LogP contribution in [0.5, 0.6) is 0 Å². The molecule has 0 radical (unpaired) electrons. The lowest BCUT2D eigenvalue weighted by atomic mass is 10.2. The number of hydrogen-bond donors (Lipinski definition) is 2. The molecule has 0 spiro atoms. The monoisotopic (exact) mass is 204 g/mol. The van der Waals surface area contributed by atoms with Crippen molar-refractivity contribution in [3.05, 3.63) is 0 Å². The van der Waals surface area contributed by atoms with E-state index in [1.54, 1.807) is 0 Å². The van der Waals surface area contributed by atoms with E-state index in [0.717, 1.165) is 0 Å². The van der Waals surface area contributed by atoms with Gasteiger partial charge in [0.2, 0.25) is 0 Å². The van der Waals surface area contributed by atoms with Crippen molar-refractivity contribution in [2.75, 3.05) is 20.3 Å². The minimum atomic E-state index is -0.354. The van der Waals surface area contributed by atoms with E-state index in [4.69, 9.17) is 4.74 Å². The molecule has 5 nitrogen and oxygen atoms in total. The van der Waals surface area contributed by atoms with E-state index >= 15 is 0 Å². The second-order valence-corrected chi connectivity index (χ2v) is 3.61. The number of carbonyl (C=O) groups is 1. The molecule has 0 saturated heterocycles. The second kappa shape index (κ2) is 7.58. The van der Waals surface area contributed by atoms with E-state index in [-0.39, 0.29) is 12.1 Å². The predicted octanol–water partition coefficient (Wildman–Crippen LogP) is 0.908. The molecule has 2 amide bonds. The highest BCUT2D eigenvalue weighted by Crippen LogP contribution is 1.93. The molecule has 0 aliphatic carbocycles. The van der Waals surface area contributed by atoms with Crippen LogP contribution in [0.1, 0.15) is 20.8 Å². The fraction of sp³-hybridized carbons (Fsp3) is 0.889. The number of urea groups is 1. The van der Waals surface area contributed by atoms with Gasteiger partial charge in [0.1, 0.15) is 0 Å². The fourth-order valence-corrected chi connectivity index (χ4v) is 0.868. The summed E-state index contributed by atoms with van der Waals surface area (Å²) < 4.78 is 5.35. The molecule has 0 aromatic rings. The number of amides is 2. The SMILES string of the molecule is CONC(=O)N[C@@H](C)COCC(C)C. The molecule has 0 unspecified atom stereocenters.